The van der Waals surface area contributed by atoms with E-state index in [1.54, 1.807) is 12.1 Å². The molecule has 154 valence electrons. The minimum atomic E-state index is -4.38. The zero-order valence-corrected chi connectivity index (χ0v) is 17.3. The van der Waals surface area contributed by atoms with Crippen LogP contribution in [0.2, 0.25) is 10.0 Å². The van der Waals surface area contributed by atoms with Crippen LogP contribution in [0.15, 0.2) is 41.3 Å². The number of hydrogen-bond acceptors (Lipinski definition) is 5. The monoisotopic (exact) mass is 457 g/mol. The molecule has 0 amide bonds. The van der Waals surface area contributed by atoms with Crippen molar-refractivity contribution in [3.05, 3.63) is 52.0 Å². The fourth-order valence-corrected chi connectivity index (χ4v) is 6.01. The first-order chi connectivity index (χ1) is 13.8. The lowest BCUT2D eigenvalue weighted by molar-refractivity contribution is -0.145. The van der Waals surface area contributed by atoms with Crippen LogP contribution in [-0.2, 0) is 14.8 Å². The molecule has 0 radical (unpaired) electrons. The second-order valence-electron chi connectivity index (χ2n) is 6.88. The standard InChI is InChI=1S/C19H17Cl2NO6S/c20-12-6-3-7-13(21)17(12)29(25,26)22-18(19(23)24)28-15-9-2-5-11-10-4-1-8-14(10)27-16(11)15/h2-3,5-7,9-10,14,18,22H,1,4,8H2,(H,23,24). The Balaban J connectivity index is 1.62. The van der Waals surface area contributed by atoms with Gasteiger partial charge in [0, 0.05) is 11.5 Å². The molecule has 0 aromatic heterocycles. The smallest absolute Gasteiger partial charge is 0.361 e. The predicted molar refractivity (Wildman–Crippen MR) is 106 cm³/mol. The molecule has 1 saturated carbocycles. The Labute approximate surface area is 177 Å². The van der Waals surface area contributed by atoms with Gasteiger partial charge in [-0.15, -0.1) is 0 Å². The first kappa shape index (κ1) is 20.3. The van der Waals surface area contributed by atoms with Crippen molar-refractivity contribution >= 4 is 39.2 Å². The van der Waals surface area contributed by atoms with E-state index in [1.807, 2.05) is 10.8 Å². The minimum absolute atomic E-state index is 0.0386. The molecular formula is C19H17Cl2NO6S. The number of ether oxygens (including phenoxy) is 2. The van der Waals surface area contributed by atoms with Gasteiger partial charge in [-0.3, -0.25) is 0 Å². The molecule has 7 nitrogen and oxygen atoms in total. The van der Waals surface area contributed by atoms with Gasteiger partial charge in [-0.05, 0) is 37.5 Å². The number of aliphatic carboxylic acids is 1. The van der Waals surface area contributed by atoms with Crippen LogP contribution >= 0.6 is 23.2 Å². The summed E-state index contributed by atoms with van der Waals surface area (Å²) in [5, 5.41) is 9.27. The average Bonchev–Trinajstić information content (AvgIpc) is 3.22. The number of hydrogen-bond donors (Lipinski definition) is 2. The largest absolute Gasteiger partial charge is 0.486 e. The summed E-state index contributed by atoms with van der Waals surface area (Å²) in [7, 11) is -4.38. The quantitative estimate of drug-likeness (QED) is 0.639. The second-order valence-corrected chi connectivity index (χ2v) is 9.34. The molecule has 29 heavy (non-hydrogen) atoms. The lowest BCUT2D eigenvalue weighted by atomic mass is 9.97. The number of carboxylic acid groups (broad SMARTS) is 1. The molecule has 0 bridgehead atoms. The summed E-state index contributed by atoms with van der Waals surface area (Å²) < 4.78 is 38.9. The van der Waals surface area contributed by atoms with Crippen LogP contribution in [0.5, 0.6) is 11.5 Å². The summed E-state index contributed by atoms with van der Waals surface area (Å²) in [6, 6.07) is 9.37. The Kier molecular flexibility index (Phi) is 5.37. The van der Waals surface area contributed by atoms with E-state index in [1.165, 1.54) is 18.2 Å². The van der Waals surface area contributed by atoms with Crippen LogP contribution in [0, 0.1) is 0 Å². The lowest BCUT2D eigenvalue weighted by Crippen LogP contribution is -2.45. The van der Waals surface area contributed by atoms with Crippen molar-refractivity contribution in [3.8, 4) is 11.5 Å². The molecular weight excluding hydrogens is 441 g/mol. The van der Waals surface area contributed by atoms with Crippen molar-refractivity contribution in [3.63, 3.8) is 0 Å². The fraction of sp³-hybridized carbons (Fsp3) is 0.316. The number of rotatable bonds is 6. The van der Waals surface area contributed by atoms with E-state index in [-0.39, 0.29) is 27.8 Å². The molecule has 0 saturated heterocycles. The van der Waals surface area contributed by atoms with Crippen molar-refractivity contribution in [2.45, 2.75) is 42.4 Å². The van der Waals surface area contributed by atoms with E-state index in [0.717, 1.165) is 24.8 Å². The third kappa shape index (κ3) is 3.77. The Bertz CT molecular complexity index is 1050. The number of benzene rings is 2. The maximum Gasteiger partial charge on any atom is 0.361 e. The molecule has 1 fully saturated rings. The van der Waals surface area contributed by atoms with Crippen LogP contribution in [0.3, 0.4) is 0 Å². The molecule has 3 atom stereocenters. The van der Waals surface area contributed by atoms with Gasteiger partial charge < -0.3 is 14.6 Å². The molecule has 4 rings (SSSR count). The van der Waals surface area contributed by atoms with Gasteiger partial charge in [0.05, 0.1) is 10.0 Å². The van der Waals surface area contributed by atoms with Crippen molar-refractivity contribution in [1.29, 1.82) is 0 Å². The normalized spacial score (nSPS) is 21.2. The lowest BCUT2D eigenvalue weighted by Gasteiger charge is -2.19. The third-order valence-corrected chi connectivity index (χ3v) is 7.41. The fourth-order valence-electron chi connectivity index (χ4n) is 3.81. The number of carboxylic acids is 1. The first-order valence-corrected chi connectivity index (χ1v) is 11.2. The van der Waals surface area contributed by atoms with Gasteiger partial charge in [0.2, 0.25) is 10.0 Å². The molecule has 2 aromatic carbocycles. The van der Waals surface area contributed by atoms with E-state index in [4.69, 9.17) is 32.7 Å². The van der Waals surface area contributed by atoms with E-state index in [2.05, 4.69) is 0 Å². The predicted octanol–water partition coefficient (Wildman–Crippen LogP) is 3.79. The Morgan fingerprint density at radius 3 is 2.55 bits per heavy atom. The highest BCUT2D eigenvalue weighted by Crippen LogP contribution is 2.50. The van der Waals surface area contributed by atoms with Crippen molar-refractivity contribution in [1.82, 2.24) is 4.72 Å². The van der Waals surface area contributed by atoms with Crippen LogP contribution < -0.4 is 14.2 Å². The molecule has 0 spiro atoms. The Morgan fingerprint density at radius 2 is 1.86 bits per heavy atom. The molecule has 2 N–H and O–H groups in total. The van der Waals surface area contributed by atoms with Crippen LogP contribution in [0.1, 0.15) is 30.7 Å². The maximum absolute atomic E-state index is 12.7. The van der Waals surface area contributed by atoms with Gasteiger partial charge in [-0.1, -0.05) is 41.4 Å². The Morgan fingerprint density at radius 1 is 1.17 bits per heavy atom. The molecule has 1 heterocycles. The summed E-state index contributed by atoms with van der Waals surface area (Å²) >= 11 is 11.9. The SMILES string of the molecule is O=C(O)C(NS(=O)(=O)c1c(Cl)cccc1Cl)Oc1cccc2c1OC1CCCC21. The van der Waals surface area contributed by atoms with Gasteiger partial charge in [-0.25, -0.2) is 13.2 Å². The number of fused-ring (bicyclic) bond motifs is 3. The number of nitrogens with one attached hydrogen (secondary N) is 1. The average molecular weight is 458 g/mol. The van der Waals surface area contributed by atoms with E-state index < -0.39 is 27.1 Å². The third-order valence-electron chi connectivity index (χ3n) is 5.05. The molecule has 1 aliphatic carbocycles. The van der Waals surface area contributed by atoms with Crippen LogP contribution in [0.25, 0.3) is 0 Å². The van der Waals surface area contributed by atoms with Gasteiger partial charge in [0.25, 0.3) is 6.23 Å². The number of halogens is 2. The van der Waals surface area contributed by atoms with Crippen LogP contribution in [-0.4, -0.2) is 31.8 Å². The summed E-state index contributed by atoms with van der Waals surface area (Å²) in [5.74, 6) is -0.649. The second kappa shape index (κ2) is 7.68. The zero-order chi connectivity index (χ0) is 20.8. The molecule has 3 unspecified atom stereocenters. The van der Waals surface area contributed by atoms with Crippen molar-refractivity contribution < 1.29 is 27.8 Å². The topological polar surface area (TPSA) is 102 Å². The number of carbonyl (C=O) groups is 1. The number of para-hydroxylation sites is 1. The molecule has 10 heteroatoms. The molecule has 2 aromatic rings. The van der Waals surface area contributed by atoms with Gasteiger partial charge in [-0.2, -0.15) is 4.72 Å². The van der Waals surface area contributed by atoms with Crippen molar-refractivity contribution in [2.75, 3.05) is 0 Å². The molecule has 1 aliphatic heterocycles. The van der Waals surface area contributed by atoms with Crippen LogP contribution in [0.4, 0.5) is 0 Å². The minimum Gasteiger partial charge on any atom is -0.486 e. The van der Waals surface area contributed by atoms with Crippen molar-refractivity contribution in [2.24, 2.45) is 0 Å². The summed E-state index contributed by atoms with van der Waals surface area (Å²) in [5.41, 5.74) is 0.950. The summed E-state index contributed by atoms with van der Waals surface area (Å²) in [6.07, 6.45) is 1.11. The van der Waals surface area contributed by atoms with E-state index >= 15 is 0 Å². The number of sulfonamides is 1. The highest BCUT2D eigenvalue weighted by Gasteiger charge is 2.40. The first-order valence-electron chi connectivity index (χ1n) is 8.93. The Hall–Kier alpha value is -2.00. The maximum atomic E-state index is 12.7. The van der Waals surface area contributed by atoms with E-state index in [9.17, 15) is 18.3 Å². The summed E-state index contributed by atoms with van der Waals surface area (Å²) in [4.78, 5) is 11.3. The van der Waals surface area contributed by atoms with E-state index in [0.29, 0.717) is 5.75 Å². The zero-order valence-electron chi connectivity index (χ0n) is 15.0. The highest BCUT2D eigenvalue weighted by molar-refractivity contribution is 7.89. The van der Waals surface area contributed by atoms with Gasteiger partial charge in [0.15, 0.2) is 11.5 Å². The summed E-state index contributed by atoms with van der Waals surface area (Å²) in [6.45, 7) is 0. The van der Waals surface area contributed by atoms with Gasteiger partial charge >= 0.3 is 5.97 Å². The molecule has 2 aliphatic rings. The van der Waals surface area contributed by atoms with Gasteiger partial charge in [0.1, 0.15) is 11.0 Å². The highest BCUT2D eigenvalue weighted by atomic mass is 35.5.